The van der Waals surface area contributed by atoms with Gasteiger partial charge in [0.1, 0.15) is 16.8 Å². The monoisotopic (exact) mass is 363 g/mol. The molecule has 7 nitrogen and oxygen atoms in total. The first-order valence-electron chi connectivity index (χ1n) is 8.62. The van der Waals surface area contributed by atoms with Crippen LogP contribution in [0.1, 0.15) is 51.5 Å². The third kappa shape index (κ3) is 4.03. The van der Waals surface area contributed by atoms with E-state index < -0.39 is 34.4 Å². The molecular weight excluding hydrogens is 338 g/mol. The number of esters is 1. The van der Waals surface area contributed by atoms with Gasteiger partial charge in [-0.25, -0.2) is 0 Å². The van der Waals surface area contributed by atoms with Crippen molar-refractivity contribution in [2.24, 2.45) is 5.41 Å². The number of hydrogen-bond acceptors (Lipinski definition) is 6. The summed E-state index contributed by atoms with van der Waals surface area (Å²) >= 11 is 0. The Morgan fingerprint density at radius 1 is 1.31 bits per heavy atom. The van der Waals surface area contributed by atoms with Crippen LogP contribution in [0.4, 0.5) is 0 Å². The Labute approximate surface area is 152 Å². The zero-order chi connectivity index (χ0) is 19.5. The van der Waals surface area contributed by atoms with E-state index in [9.17, 15) is 19.7 Å². The van der Waals surface area contributed by atoms with Crippen LogP contribution in [0.3, 0.4) is 0 Å². The summed E-state index contributed by atoms with van der Waals surface area (Å²) in [5.74, 6) is -1.24. The number of carbonyl (C=O) groups excluding carboxylic acids is 2. The lowest BCUT2D eigenvalue weighted by Gasteiger charge is -2.34. The highest BCUT2D eigenvalue weighted by Crippen LogP contribution is 2.48. The van der Waals surface area contributed by atoms with Crippen LogP contribution in [0, 0.1) is 15.5 Å². The highest BCUT2D eigenvalue weighted by Gasteiger charge is 2.58. The molecule has 7 heteroatoms. The summed E-state index contributed by atoms with van der Waals surface area (Å²) in [7, 11) is 1.52. The van der Waals surface area contributed by atoms with Gasteiger partial charge in [-0.1, -0.05) is 12.1 Å². The van der Waals surface area contributed by atoms with Crippen molar-refractivity contribution in [1.82, 2.24) is 0 Å². The van der Waals surface area contributed by atoms with Gasteiger partial charge in [0.05, 0.1) is 13.0 Å². The fourth-order valence-corrected chi connectivity index (χ4v) is 3.52. The summed E-state index contributed by atoms with van der Waals surface area (Å²) in [5.41, 5.74) is -1.75. The predicted molar refractivity (Wildman–Crippen MR) is 94.7 cm³/mol. The van der Waals surface area contributed by atoms with Gasteiger partial charge in [0.15, 0.2) is 5.78 Å². The maximum absolute atomic E-state index is 13.0. The lowest BCUT2D eigenvalue weighted by molar-refractivity contribution is -0.485. The number of methoxy groups -OCH3 is 1. The van der Waals surface area contributed by atoms with Crippen LogP contribution in [0.5, 0.6) is 5.75 Å². The standard InChI is InChI=1S/C19H25NO6/c1-18(2,3)26-17(22)19(11-5-6-16(19)21)15(12-20(23)24)13-7-9-14(25-4)10-8-13/h7-10,15H,5-6,11-12H2,1-4H3. The van der Waals surface area contributed by atoms with Crippen molar-refractivity contribution >= 4 is 11.8 Å². The van der Waals surface area contributed by atoms with E-state index in [0.29, 0.717) is 17.7 Å². The van der Waals surface area contributed by atoms with Crippen molar-refractivity contribution < 1.29 is 24.0 Å². The molecular formula is C19H25NO6. The van der Waals surface area contributed by atoms with Crippen LogP contribution in [0.2, 0.25) is 0 Å². The van der Waals surface area contributed by atoms with E-state index in [1.54, 1.807) is 45.0 Å². The molecule has 2 unspecified atom stereocenters. The van der Waals surface area contributed by atoms with E-state index in [1.807, 2.05) is 0 Å². The average molecular weight is 363 g/mol. The SMILES string of the molecule is COc1ccc(C(C[N+](=O)[O-])C2(C(=O)OC(C)(C)C)CCCC2=O)cc1. The Bertz CT molecular complexity index is 691. The number of ether oxygens (including phenoxy) is 2. The Hall–Kier alpha value is -2.44. The third-order valence-corrected chi connectivity index (χ3v) is 4.68. The summed E-state index contributed by atoms with van der Waals surface area (Å²) < 4.78 is 10.6. The lowest BCUT2D eigenvalue weighted by Crippen LogP contribution is -2.47. The van der Waals surface area contributed by atoms with Crippen LogP contribution < -0.4 is 4.74 Å². The van der Waals surface area contributed by atoms with E-state index in [2.05, 4.69) is 0 Å². The number of nitro groups is 1. The molecule has 0 N–H and O–H groups in total. The molecule has 1 aromatic carbocycles. The topological polar surface area (TPSA) is 95.7 Å². The first-order chi connectivity index (χ1) is 12.1. The van der Waals surface area contributed by atoms with Gasteiger partial charge in [0.25, 0.3) is 0 Å². The number of nitrogens with zero attached hydrogens (tertiary/aromatic N) is 1. The molecule has 0 spiro atoms. The van der Waals surface area contributed by atoms with Crippen LogP contribution in [-0.2, 0) is 14.3 Å². The summed E-state index contributed by atoms with van der Waals surface area (Å²) in [4.78, 5) is 36.7. The smallest absolute Gasteiger partial charge is 0.321 e. The molecule has 0 aliphatic heterocycles. The van der Waals surface area contributed by atoms with E-state index in [4.69, 9.17) is 9.47 Å². The Balaban J connectivity index is 2.53. The van der Waals surface area contributed by atoms with Gasteiger partial charge >= 0.3 is 5.97 Å². The molecule has 1 saturated carbocycles. The first-order valence-corrected chi connectivity index (χ1v) is 8.62. The zero-order valence-electron chi connectivity index (χ0n) is 15.6. The largest absolute Gasteiger partial charge is 0.497 e. The highest BCUT2D eigenvalue weighted by atomic mass is 16.6. The highest BCUT2D eigenvalue weighted by molar-refractivity contribution is 6.06. The second-order valence-corrected chi connectivity index (χ2v) is 7.59. The number of rotatable bonds is 6. The number of carbonyl (C=O) groups is 2. The van der Waals surface area contributed by atoms with Gasteiger partial charge < -0.3 is 9.47 Å². The minimum Gasteiger partial charge on any atom is -0.497 e. The molecule has 0 amide bonds. The van der Waals surface area contributed by atoms with E-state index in [-0.39, 0.29) is 18.6 Å². The second kappa shape index (κ2) is 7.43. The van der Waals surface area contributed by atoms with Crippen LogP contribution in [0.15, 0.2) is 24.3 Å². The Kier molecular flexibility index (Phi) is 5.68. The van der Waals surface area contributed by atoms with Crippen molar-refractivity contribution in [2.45, 2.75) is 51.6 Å². The number of benzene rings is 1. The van der Waals surface area contributed by atoms with Crippen molar-refractivity contribution in [3.8, 4) is 5.75 Å². The second-order valence-electron chi connectivity index (χ2n) is 7.59. The van der Waals surface area contributed by atoms with Gasteiger partial charge in [-0.05, 0) is 51.3 Å². The quantitative estimate of drug-likeness (QED) is 0.333. The molecule has 0 saturated heterocycles. The average Bonchev–Trinajstić information content (AvgIpc) is 2.93. The summed E-state index contributed by atoms with van der Waals surface area (Å²) in [6.07, 6.45) is 0.997. The maximum atomic E-state index is 13.0. The van der Waals surface area contributed by atoms with Crippen molar-refractivity contribution in [3.05, 3.63) is 39.9 Å². The van der Waals surface area contributed by atoms with Crippen LogP contribution in [-0.4, -0.2) is 35.9 Å². The van der Waals surface area contributed by atoms with Crippen molar-refractivity contribution in [3.63, 3.8) is 0 Å². The minimum absolute atomic E-state index is 0.226. The number of ketones is 1. The lowest BCUT2D eigenvalue weighted by atomic mass is 9.69. The van der Waals surface area contributed by atoms with Gasteiger partial charge in [0.2, 0.25) is 6.54 Å². The molecule has 2 rings (SSSR count). The molecule has 0 aromatic heterocycles. The summed E-state index contributed by atoms with van der Waals surface area (Å²) in [5, 5.41) is 11.3. The van der Waals surface area contributed by atoms with Crippen molar-refractivity contribution in [1.29, 1.82) is 0 Å². The van der Waals surface area contributed by atoms with Gasteiger partial charge in [-0.15, -0.1) is 0 Å². The fraction of sp³-hybridized carbons (Fsp3) is 0.579. The fourth-order valence-electron chi connectivity index (χ4n) is 3.52. The van der Waals surface area contributed by atoms with Gasteiger partial charge in [0, 0.05) is 11.3 Å². The predicted octanol–water partition coefficient (Wildman–Crippen LogP) is 3.14. The van der Waals surface area contributed by atoms with Crippen LogP contribution in [0.25, 0.3) is 0 Å². The molecule has 26 heavy (non-hydrogen) atoms. The maximum Gasteiger partial charge on any atom is 0.321 e. The molecule has 0 radical (unpaired) electrons. The molecule has 0 bridgehead atoms. The zero-order valence-corrected chi connectivity index (χ0v) is 15.6. The molecule has 2 atom stereocenters. The van der Waals surface area contributed by atoms with Crippen molar-refractivity contribution in [2.75, 3.05) is 13.7 Å². The molecule has 1 aliphatic rings. The summed E-state index contributed by atoms with van der Waals surface area (Å²) in [6, 6.07) is 6.68. The van der Waals surface area contributed by atoms with E-state index >= 15 is 0 Å². The normalized spacial score (nSPS) is 21.3. The molecule has 142 valence electrons. The van der Waals surface area contributed by atoms with Crippen LogP contribution >= 0.6 is 0 Å². The first kappa shape index (κ1) is 19.9. The van der Waals surface area contributed by atoms with Gasteiger partial charge in [-0.3, -0.25) is 19.7 Å². The summed E-state index contributed by atoms with van der Waals surface area (Å²) in [6.45, 7) is 4.63. The number of hydrogen-bond donors (Lipinski definition) is 0. The van der Waals surface area contributed by atoms with E-state index in [0.717, 1.165) is 0 Å². The molecule has 1 fully saturated rings. The third-order valence-electron chi connectivity index (χ3n) is 4.68. The number of Topliss-reactive ketones (excluding diaryl/α,β-unsaturated/α-hetero) is 1. The van der Waals surface area contributed by atoms with Gasteiger partial charge in [-0.2, -0.15) is 0 Å². The minimum atomic E-state index is -1.52. The van der Waals surface area contributed by atoms with E-state index in [1.165, 1.54) is 7.11 Å². The Morgan fingerprint density at radius 3 is 2.35 bits per heavy atom. The Morgan fingerprint density at radius 2 is 1.92 bits per heavy atom. The molecule has 1 aromatic rings. The molecule has 1 aliphatic carbocycles. The molecule has 0 heterocycles.